The fourth-order valence-corrected chi connectivity index (χ4v) is 3.28. The van der Waals surface area contributed by atoms with Gasteiger partial charge < -0.3 is 13.9 Å². The number of rotatable bonds is 7. The molecule has 0 aliphatic heterocycles. The second-order valence-corrected chi connectivity index (χ2v) is 12.0. The molecule has 0 heterocycles. The first-order valence-electron chi connectivity index (χ1n) is 8.26. The molecule has 7 heteroatoms. The first-order chi connectivity index (χ1) is 12.7. The van der Waals surface area contributed by atoms with Crippen LogP contribution in [0.2, 0.25) is 19.6 Å². The summed E-state index contributed by atoms with van der Waals surface area (Å²) in [6.45, 7) is 10.1. The molecule has 0 atom stereocenters. The van der Waals surface area contributed by atoms with Crippen LogP contribution in [0.1, 0.15) is 15.9 Å². The molecule has 5 nitrogen and oxygen atoms in total. The topological polar surface area (TPSA) is 57.1 Å². The van der Waals surface area contributed by atoms with Crippen LogP contribution in [-0.2, 0) is 9.16 Å². The zero-order valence-corrected chi connectivity index (χ0v) is 18.4. The number of carbonyl (C=O) groups is 1. The Morgan fingerprint density at radius 2 is 1.81 bits per heavy atom. The van der Waals surface area contributed by atoms with Crippen molar-refractivity contribution in [2.45, 2.75) is 19.6 Å². The van der Waals surface area contributed by atoms with Crippen molar-refractivity contribution >= 4 is 36.4 Å². The predicted octanol–water partition coefficient (Wildman–Crippen LogP) is 5.77. The average molecular weight is 448 g/mol. The van der Waals surface area contributed by atoms with Gasteiger partial charge in [-0.05, 0) is 68.7 Å². The average Bonchev–Trinajstić information content (AvgIpc) is 2.60. The maximum absolute atomic E-state index is 11.5. The highest BCUT2D eigenvalue weighted by Gasteiger charge is 2.16. The lowest BCUT2D eigenvalue weighted by molar-refractivity contribution is 0.0600. The van der Waals surface area contributed by atoms with Gasteiger partial charge in [0.05, 0.1) is 12.7 Å². The molecule has 0 saturated heterocycles. The summed E-state index contributed by atoms with van der Waals surface area (Å²) in [7, 11) is -0.406. The smallest absolute Gasteiger partial charge is 0.337 e. The number of esters is 1. The van der Waals surface area contributed by atoms with Gasteiger partial charge >= 0.3 is 5.97 Å². The molecule has 27 heavy (non-hydrogen) atoms. The number of aliphatic imine (C=N–C) groups is 1. The van der Waals surface area contributed by atoms with E-state index in [1.807, 2.05) is 18.2 Å². The van der Waals surface area contributed by atoms with E-state index in [1.165, 1.54) is 7.11 Å². The molecular formula is C20H22BrNO4Si. The molecule has 142 valence electrons. The number of halogens is 1. The van der Waals surface area contributed by atoms with Crippen molar-refractivity contribution in [2.24, 2.45) is 4.99 Å². The molecule has 2 aromatic carbocycles. The van der Waals surface area contributed by atoms with Gasteiger partial charge in [-0.25, -0.2) is 9.79 Å². The fourth-order valence-electron chi connectivity index (χ4n) is 2.14. The molecule has 0 amide bonds. The molecule has 0 bridgehead atoms. The van der Waals surface area contributed by atoms with E-state index in [0.717, 1.165) is 10.0 Å². The van der Waals surface area contributed by atoms with Crippen molar-refractivity contribution in [2.75, 3.05) is 7.11 Å². The number of methoxy groups -OCH3 is 1. The van der Waals surface area contributed by atoms with E-state index in [-0.39, 0.29) is 5.97 Å². The Labute approximate surface area is 168 Å². The van der Waals surface area contributed by atoms with Gasteiger partial charge in [-0.3, -0.25) is 0 Å². The molecular weight excluding hydrogens is 426 g/mol. The van der Waals surface area contributed by atoms with E-state index in [2.05, 4.69) is 47.1 Å². The Hall–Kier alpha value is -2.38. The molecule has 0 aliphatic rings. The van der Waals surface area contributed by atoms with Crippen molar-refractivity contribution in [3.05, 3.63) is 70.5 Å². The predicted molar refractivity (Wildman–Crippen MR) is 113 cm³/mol. The quantitative estimate of drug-likeness (QED) is 0.234. The molecule has 0 fully saturated rings. The number of benzene rings is 2. The molecule has 2 rings (SSSR count). The maximum Gasteiger partial charge on any atom is 0.337 e. The summed E-state index contributed by atoms with van der Waals surface area (Å²) in [5.41, 5.74) is 1.23. The first kappa shape index (κ1) is 20.9. The van der Waals surface area contributed by atoms with Gasteiger partial charge in [0.25, 0.3) is 0 Å². The van der Waals surface area contributed by atoms with Crippen LogP contribution in [0.15, 0.2) is 64.4 Å². The van der Waals surface area contributed by atoms with E-state index in [0.29, 0.717) is 22.9 Å². The summed E-state index contributed by atoms with van der Waals surface area (Å²) in [6.07, 6.45) is 1.66. The fraction of sp³-hybridized carbons (Fsp3) is 0.200. The van der Waals surface area contributed by atoms with Crippen LogP contribution < -0.4 is 4.74 Å². The van der Waals surface area contributed by atoms with Crippen molar-refractivity contribution in [3.63, 3.8) is 0 Å². The largest absolute Gasteiger partial charge is 0.532 e. The minimum atomic E-state index is -1.75. The third-order valence-corrected chi connectivity index (χ3v) is 4.59. The number of hydrogen-bond donors (Lipinski definition) is 0. The summed E-state index contributed by atoms with van der Waals surface area (Å²) in [4.78, 5) is 15.8. The zero-order valence-electron chi connectivity index (χ0n) is 15.8. The minimum Gasteiger partial charge on any atom is -0.532 e. The van der Waals surface area contributed by atoms with E-state index in [9.17, 15) is 4.79 Å². The SMILES string of the molecule is C=C(N=Cc1cc(Br)ccc1Oc1ccc(C(=O)OC)cc1)O[Si](C)(C)C. The molecule has 2 aromatic rings. The van der Waals surface area contributed by atoms with Crippen LogP contribution in [-0.4, -0.2) is 27.6 Å². The number of carbonyl (C=O) groups excluding carboxylic acids is 1. The van der Waals surface area contributed by atoms with Gasteiger partial charge in [0.2, 0.25) is 8.32 Å². The molecule has 0 aliphatic carbocycles. The highest BCUT2D eigenvalue weighted by atomic mass is 79.9. The van der Waals surface area contributed by atoms with E-state index < -0.39 is 8.32 Å². The van der Waals surface area contributed by atoms with Crippen molar-refractivity contribution in [1.82, 2.24) is 0 Å². The monoisotopic (exact) mass is 447 g/mol. The van der Waals surface area contributed by atoms with Crippen LogP contribution >= 0.6 is 15.9 Å². The molecule has 0 saturated carbocycles. The number of ether oxygens (including phenoxy) is 2. The normalized spacial score (nSPS) is 11.3. The number of nitrogens with zero attached hydrogens (tertiary/aromatic N) is 1. The summed E-state index contributed by atoms with van der Waals surface area (Å²) in [5.74, 6) is 1.20. The van der Waals surface area contributed by atoms with Gasteiger partial charge in [-0.15, -0.1) is 0 Å². The second-order valence-electron chi connectivity index (χ2n) is 6.67. The highest BCUT2D eigenvalue weighted by molar-refractivity contribution is 9.10. The molecule has 0 N–H and O–H groups in total. The van der Waals surface area contributed by atoms with E-state index >= 15 is 0 Å². The van der Waals surface area contributed by atoms with Gasteiger partial charge in [-0.1, -0.05) is 15.9 Å². The van der Waals surface area contributed by atoms with Crippen LogP contribution in [0.4, 0.5) is 0 Å². The summed E-state index contributed by atoms with van der Waals surface area (Å²) in [5, 5.41) is 0. The lowest BCUT2D eigenvalue weighted by Crippen LogP contribution is -2.24. The van der Waals surface area contributed by atoms with Crippen molar-refractivity contribution in [1.29, 1.82) is 0 Å². The van der Waals surface area contributed by atoms with Crippen LogP contribution in [0.25, 0.3) is 0 Å². The van der Waals surface area contributed by atoms with Gasteiger partial charge in [0.15, 0.2) is 5.88 Å². The minimum absolute atomic E-state index is 0.377. The lowest BCUT2D eigenvalue weighted by Gasteiger charge is -2.18. The summed E-state index contributed by atoms with van der Waals surface area (Å²) < 4.78 is 17.3. The zero-order chi connectivity index (χ0) is 20.0. The Balaban J connectivity index is 2.20. The first-order valence-corrected chi connectivity index (χ1v) is 12.5. The summed E-state index contributed by atoms with van der Waals surface area (Å²) in [6, 6.07) is 12.3. The standard InChI is InChI=1S/C20H22BrNO4Si/c1-14(26-27(3,4)5)22-13-16-12-17(21)8-11-19(16)25-18-9-6-15(7-10-18)20(23)24-2/h6-13H,1H2,2-5H3. The Bertz CT molecular complexity index is 857. The Morgan fingerprint density at radius 1 is 1.15 bits per heavy atom. The number of hydrogen-bond acceptors (Lipinski definition) is 5. The van der Waals surface area contributed by atoms with Crippen molar-refractivity contribution < 1.29 is 18.7 Å². The van der Waals surface area contributed by atoms with Crippen LogP contribution in [0, 0.1) is 0 Å². The molecule has 0 unspecified atom stereocenters. The molecule has 0 aromatic heterocycles. The molecule has 0 spiro atoms. The van der Waals surface area contributed by atoms with Crippen LogP contribution in [0.5, 0.6) is 11.5 Å². The second kappa shape index (κ2) is 9.01. The Morgan fingerprint density at radius 3 is 2.41 bits per heavy atom. The maximum atomic E-state index is 11.5. The van der Waals surface area contributed by atoms with E-state index in [4.69, 9.17) is 13.9 Å². The van der Waals surface area contributed by atoms with Gasteiger partial charge in [0, 0.05) is 16.3 Å². The third kappa shape index (κ3) is 6.69. The lowest BCUT2D eigenvalue weighted by atomic mass is 10.2. The summed E-state index contributed by atoms with van der Waals surface area (Å²) >= 11 is 3.46. The van der Waals surface area contributed by atoms with Gasteiger partial charge in [0.1, 0.15) is 11.5 Å². The van der Waals surface area contributed by atoms with Crippen LogP contribution in [0.3, 0.4) is 0 Å². The third-order valence-electron chi connectivity index (χ3n) is 3.25. The van der Waals surface area contributed by atoms with Crippen molar-refractivity contribution in [3.8, 4) is 11.5 Å². The highest BCUT2D eigenvalue weighted by Crippen LogP contribution is 2.27. The molecule has 0 radical (unpaired) electrons. The van der Waals surface area contributed by atoms with E-state index in [1.54, 1.807) is 30.5 Å². The van der Waals surface area contributed by atoms with Gasteiger partial charge in [-0.2, -0.15) is 0 Å². The Kier molecular flexibility index (Phi) is 6.98.